The second-order valence-electron chi connectivity index (χ2n) is 9.22. The number of piperazine rings is 1. The van der Waals surface area contributed by atoms with Gasteiger partial charge in [-0.15, -0.1) is 0 Å². The zero-order chi connectivity index (χ0) is 28.1. The molecule has 3 rings (SSSR count). The van der Waals surface area contributed by atoms with Gasteiger partial charge in [-0.05, 0) is 36.5 Å². The van der Waals surface area contributed by atoms with E-state index in [-0.39, 0.29) is 50.4 Å². The predicted octanol–water partition coefficient (Wildman–Crippen LogP) is 2.43. The van der Waals surface area contributed by atoms with Crippen molar-refractivity contribution in [1.29, 1.82) is 0 Å². The summed E-state index contributed by atoms with van der Waals surface area (Å²) >= 11 is 0. The fourth-order valence-corrected chi connectivity index (χ4v) is 5.72. The Morgan fingerprint density at radius 1 is 0.923 bits per heavy atom. The van der Waals surface area contributed by atoms with E-state index in [0.29, 0.717) is 31.4 Å². The largest absolute Gasteiger partial charge is 0.445 e. The van der Waals surface area contributed by atoms with Gasteiger partial charge in [0.2, 0.25) is 21.8 Å². The van der Waals surface area contributed by atoms with Crippen molar-refractivity contribution in [3.8, 4) is 0 Å². The molecular formula is C28H36N4O6S. The fraction of sp³-hybridized carbons (Fsp3) is 0.393. The Bertz CT molecular complexity index is 1200. The van der Waals surface area contributed by atoms with Gasteiger partial charge in [0.25, 0.3) is 0 Å². The maximum absolute atomic E-state index is 13.4. The van der Waals surface area contributed by atoms with E-state index in [1.54, 1.807) is 29.2 Å². The second kappa shape index (κ2) is 15.0. The number of carbonyl (C=O) groups excluding carboxylic acids is 3. The molecule has 0 aliphatic carbocycles. The van der Waals surface area contributed by atoms with E-state index in [1.807, 2.05) is 36.4 Å². The van der Waals surface area contributed by atoms with Crippen LogP contribution >= 0.6 is 0 Å². The van der Waals surface area contributed by atoms with Crippen LogP contribution < -0.4 is 10.6 Å². The Kier molecular flexibility index (Phi) is 11.5. The van der Waals surface area contributed by atoms with Crippen LogP contribution in [0.5, 0.6) is 0 Å². The van der Waals surface area contributed by atoms with Crippen LogP contribution in [0, 0.1) is 0 Å². The number of carbonyl (C=O) groups is 3. The molecule has 39 heavy (non-hydrogen) atoms. The van der Waals surface area contributed by atoms with E-state index >= 15 is 0 Å². The summed E-state index contributed by atoms with van der Waals surface area (Å²) in [7, 11) is -3.52. The highest BCUT2D eigenvalue weighted by Gasteiger charge is 2.32. The lowest BCUT2D eigenvalue weighted by atomic mass is 10.1. The Hall–Kier alpha value is -3.70. The summed E-state index contributed by atoms with van der Waals surface area (Å²) in [5.74, 6) is -0.658. The Morgan fingerprint density at radius 3 is 2.15 bits per heavy atom. The molecule has 1 heterocycles. The number of hydrogen-bond acceptors (Lipinski definition) is 6. The highest BCUT2D eigenvalue weighted by atomic mass is 32.2. The molecule has 0 aromatic heterocycles. The summed E-state index contributed by atoms with van der Waals surface area (Å²) in [6.45, 7) is 4.70. The molecule has 1 aliphatic rings. The van der Waals surface area contributed by atoms with Gasteiger partial charge in [-0.2, -0.15) is 4.31 Å². The first kappa shape index (κ1) is 29.9. The first-order valence-electron chi connectivity index (χ1n) is 13.0. The van der Waals surface area contributed by atoms with Gasteiger partial charge in [-0.1, -0.05) is 67.2 Å². The third-order valence-corrected chi connectivity index (χ3v) is 8.19. The summed E-state index contributed by atoms with van der Waals surface area (Å²) in [6.07, 6.45) is 2.00. The lowest BCUT2D eigenvalue weighted by Gasteiger charge is -2.36. The molecule has 210 valence electrons. The number of sulfonamides is 1. The van der Waals surface area contributed by atoms with E-state index in [9.17, 15) is 22.8 Å². The molecule has 1 fully saturated rings. The Morgan fingerprint density at radius 2 is 1.54 bits per heavy atom. The predicted molar refractivity (Wildman–Crippen MR) is 148 cm³/mol. The maximum Gasteiger partial charge on any atom is 0.408 e. The van der Waals surface area contributed by atoms with Crippen LogP contribution in [0.1, 0.15) is 30.4 Å². The summed E-state index contributed by atoms with van der Waals surface area (Å²) in [5.41, 5.74) is 1.53. The zero-order valence-electron chi connectivity index (χ0n) is 22.0. The van der Waals surface area contributed by atoms with Crippen LogP contribution in [-0.2, 0) is 36.7 Å². The third-order valence-electron chi connectivity index (χ3n) is 6.34. The fourth-order valence-electron chi connectivity index (χ4n) is 4.20. The van der Waals surface area contributed by atoms with Crippen LogP contribution in [0.2, 0.25) is 0 Å². The molecule has 2 aromatic rings. The van der Waals surface area contributed by atoms with Gasteiger partial charge in [-0.25, -0.2) is 13.2 Å². The minimum Gasteiger partial charge on any atom is -0.445 e. The van der Waals surface area contributed by atoms with E-state index in [1.165, 1.54) is 10.4 Å². The smallest absolute Gasteiger partial charge is 0.408 e. The molecule has 0 bridgehead atoms. The zero-order valence-corrected chi connectivity index (χ0v) is 22.8. The van der Waals surface area contributed by atoms with Crippen LogP contribution in [0.3, 0.4) is 0 Å². The second-order valence-corrected chi connectivity index (χ2v) is 11.2. The van der Waals surface area contributed by atoms with Crippen molar-refractivity contribution in [3.63, 3.8) is 0 Å². The van der Waals surface area contributed by atoms with Gasteiger partial charge in [0.05, 0.1) is 5.75 Å². The number of ether oxygens (including phenoxy) is 1. The van der Waals surface area contributed by atoms with Crippen molar-refractivity contribution in [2.24, 2.45) is 0 Å². The molecule has 0 spiro atoms. The standard InChI is InChI=1S/C28H36N4O6S/c1-2-26(33)29-16-10-9-15-25(30-28(35)38-21-23-11-5-3-6-12-23)27(34)31-17-19-32(20-18-31)39(36,37)22-24-13-7-4-8-14-24/h2-8,11-14,25H,1,9-10,15-22H2,(H,29,33)(H,30,35). The molecule has 1 saturated heterocycles. The number of nitrogens with one attached hydrogen (secondary N) is 2. The van der Waals surface area contributed by atoms with Crippen LogP contribution in [0.15, 0.2) is 73.3 Å². The number of alkyl carbamates (subject to hydrolysis) is 1. The first-order valence-corrected chi connectivity index (χ1v) is 14.6. The highest BCUT2D eigenvalue weighted by Crippen LogP contribution is 2.15. The van der Waals surface area contributed by atoms with E-state index in [0.717, 1.165) is 5.56 Å². The summed E-state index contributed by atoms with van der Waals surface area (Å²) in [4.78, 5) is 38.8. The van der Waals surface area contributed by atoms with Crippen molar-refractivity contribution < 1.29 is 27.5 Å². The molecular weight excluding hydrogens is 520 g/mol. The quantitative estimate of drug-likeness (QED) is 0.288. The normalized spacial score (nSPS) is 14.7. The van der Waals surface area contributed by atoms with Gasteiger partial charge >= 0.3 is 6.09 Å². The number of hydrogen-bond donors (Lipinski definition) is 2. The van der Waals surface area contributed by atoms with Gasteiger partial charge in [0.1, 0.15) is 12.6 Å². The summed E-state index contributed by atoms with van der Waals surface area (Å²) in [5, 5.41) is 5.37. The summed E-state index contributed by atoms with van der Waals surface area (Å²) < 4.78 is 32.5. The summed E-state index contributed by atoms with van der Waals surface area (Å²) in [6, 6.07) is 17.3. The van der Waals surface area contributed by atoms with Gasteiger partial charge in [-0.3, -0.25) is 9.59 Å². The molecule has 0 saturated carbocycles. The van der Waals surface area contributed by atoms with Gasteiger partial charge in [0, 0.05) is 32.7 Å². The molecule has 3 amide bonds. The minimum atomic E-state index is -3.52. The minimum absolute atomic E-state index is 0.0686. The maximum atomic E-state index is 13.4. The third kappa shape index (κ3) is 9.84. The van der Waals surface area contributed by atoms with Crippen molar-refractivity contribution in [3.05, 3.63) is 84.4 Å². The molecule has 10 nitrogen and oxygen atoms in total. The molecule has 0 radical (unpaired) electrons. The first-order chi connectivity index (χ1) is 18.8. The monoisotopic (exact) mass is 556 g/mol. The molecule has 2 aromatic carbocycles. The number of unbranched alkanes of at least 4 members (excludes halogenated alkanes) is 1. The van der Waals surface area contributed by atoms with Crippen molar-refractivity contribution >= 4 is 27.9 Å². The Labute approximate surface area is 230 Å². The van der Waals surface area contributed by atoms with Crippen molar-refractivity contribution in [2.75, 3.05) is 32.7 Å². The molecule has 1 unspecified atom stereocenters. The Balaban J connectivity index is 1.55. The molecule has 2 N–H and O–H groups in total. The molecule has 1 atom stereocenters. The number of amides is 3. The highest BCUT2D eigenvalue weighted by molar-refractivity contribution is 7.88. The van der Waals surface area contributed by atoms with Gasteiger partial charge in [0.15, 0.2) is 0 Å². The van der Waals surface area contributed by atoms with E-state index in [2.05, 4.69) is 17.2 Å². The SMILES string of the molecule is C=CC(=O)NCCCCC(NC(=O)OCc1ccccc1)C(=O)N1CCN(S(=O)(=O)Cc2ccccc2)CC1. The molecule has 1 aliphatic heterocycles. The van der Waals surface area contributed by atoms with Gasteiger partial charge < -0.3 is 20.3 Å². The average molecular weight is 557 g/mol. The van der Waals surface area contributed by atoms with E-state index < -0.39 is 22.2 Å². The van der Waals surface area contributed by atoms with Crippen LogP contribution in [0.25, 0.3) is 0 Å². The van der Waals surface area contributed by atoms with Crippen LogP contribution in [0.4, 0.5) is 4.79 Å². The molecule has 11 heteroatoms. The topological polar surface area (TPSA) is 125 Å². The van der Waals surface area contributed by atoms with E-state index in [4.69, 9.17) is 4.74 Å². The van der Waals surface area contributed by atoms with Crippen molar-refractivity contribution in [2.45, 2.75) is 37.7 Å². The number of rotatable bonds is 13. The number of nitrogens with zero attached hydrogens (tertiary/aromatic N) is 2. The average Bonchev–Trinajstić information content (AvgIpc) is 2.95. The lowest BCUT2D eigenvalue weighted by molar-refractivity contribution is -0.134. The lowest BCUT2D eigenvalue weighted by Crippen LogP contribution is -2.56. The van der Waals surface area contributed by atoms with Crippen LogP contribution in [-0.4, -0.2) is 74.3 Å². The van der Waals surface area contributed by atoms with Crippen molar-refractivity contribution in [1.82, 2.24) is 19.8 Å². The number of benzene rings is 2.